The van der Waals surface area contributed by atoms with Gasteiger partial charge in [0.25, 0.3) is 0 Å². The van der Waals surface area contributed by atoms with Gasteiger partial charge in [-0.1, -0.05) is 36.4 Å². The summed E-state index contributed by atoms with van der Waals surface area (Å²) in [5, 5.41) is 0. The van der Waals surface area contributed by atoms with Gasteiger partial charge < -0.3 is 9.47 Å². The van der Waals surface area contributed by atoms with E-state index in [4.69, 9.17) is 9.47 Å². The maximum atomic E-state index is 13.3. The zero-order valence-electron chi connectivity index (χ0n) is 10.8. The Labute approximate surface area is 116 Å². The van der Waals surface area contributed by atoms with E-state index in [-0.39, 0.29) is 11.9 Å². The van der Waals surface area contributed by atoms with Crippen LogP contribution >= 0.6 is 0 Å². The molecule has 2 nitrogen and oxygen atoms in total. The molecule has 100 valence electrons. The zero-order valence-corrected chi connectivity index (χ0v) is 10.8. The summed E-state index contributed by atoms with van der Waals surface area (Å²) in [5.41, 5.74) is 1.32. The molecule has 0 fully saturated rings. The highest BCUT2D eigenvalue weighted by molar-refractivity contribution is 5.46. The molecule has 2 aliphatic heterocycles. The van der Waals surface area contributed by atoms with Crippen molar-refractivity contribution < 1.29 is 13.9 Å². The van der Waals surface area contributed by atoms with Crippen LogP contribution in [0.1, 0.15) is 17.2 Å². The van der Waals surface area contributed by atoms with Gasteiger partial charge in [-0.25, -0.2) is 4.39 Å². The number of hydrogen-bond donors (Lipinski definition) is 0. The van der Waals surface area contributed by atoms with Gasteiger partial charge in [0, 0.05) is 5.56 Å². The summed E-state index contributed by atoms with van der Waals surface area (Å²) in [6.07, 6.45) is 3.76. The molecular formula is C17H13FO2. The molecule has 2 aromatic rings. The van der Waals surface area contributed by atoms with Crippen molar-refractivity contribution in [1.29, 1.82) is 0 Å². The van der Waals surface area contributed by atoms with Gasteiger partial charge in [-0.3, -0.25) is 0 Å². The maximum Gasteiger partial charge on any atom is 0.150 e. The molecule has 4 rings (SSSR count). The number of rotatable bonds is 1. The van der Waals surface area contributed by atoms with Gasteiger partial charge in [-0.15, -0.1) is 0 Å². The Bertz CT molecular complexity index is 695. The molecule has 0 radical (unpaired) electrons. The second-order valence-corrected chi connectivity index (χ2v) is 5.13. The summed E-state index contributed by atoms with van der Waals surface area (Å²) >= 11 is 0. The number of ether oxygens (including phenoxy) is 2. The van der Waals surface area contributed by atoms with E-state index in [9.17, 15) is 4.39 Å². The number of halogens is 1. The lowest BCUT2D eigenvalue weighted by molar-refractivity contribution is -0.0391. The Morgan fingerprint density at radius 3 is 2.90 bits per heavy atom. The Kier molecular flexibility index (Phi) is 2.44. The van der Waals surface area contributed by atoms with E-state index in [0.29, 0.717) is 6.61 Å². The van der Waals surface area contributed by atoms with E-state index >= 15 is 0 Å². The highest BCUT2D eigenvalue weighted by Gasteiger charge is 2.44. The lowest BCUT2D eigenvalue weighted by atomic mass is 9.97. The molecule has 0 aliphatic carbocycles. The molecule has 2 atom stereocenters. The second-order valence-electron chi connectivity index (χ2n) is 5.13. The minimum atomic E-state index is -0.534. The van der Waals surface area contributed by atoms with Gasteiger partial charge in [-0.05, 0) is 29.8 Å². The number of benzene rings is 2. The fourth-order valence-corrected chi connectivity index (χ4v) is 2.85. The summed E-state index contributed by atoms with van der Waals surface area (Å²) in [6, 6.07) is 14.4. The highest BCUT2D eigenvalue weighted by atomic mass is 19.1. The van der Waals surface area contributed by atoms with Crippen LogP contribution in [0.5, 0.6) is 5.75 Å². The molecule has 0 unspecified atom stereocenters. The molecule has 0 aromatic heterocycles. The topological polar surface area (TPSA) is 18.5 Å². The number of hydrogen-bond acceptors (Lipinski definition) is 2. The van der Waals surface area contributed by atoms with Crippen LogP contribution in [-0.4, -0.2) is 6.61 Å². The van der Waals surface area contributed by atoms with Crippen molar-refractivity contribution >= 4 is 0 Å². The van der Waals surface area contributed by atoms with Crippen molar-refractivity contribution in [1.82, 2.24) is 0 Å². The molecule has 0 bridgehead atoms. The van der Waals surface area contributed by atoms with Crippen molar-refractivity contribution in [3.63, 3.8) is 0 Å². The molecule has 3 heteroatoms. The first-order valence-corrected chi connectivity index (χ1v) is 6.62. The molecule has 20 heavy (non-hydrogen) atoms. The standard InChI is InChI=1S/C17H13FO2/c18-13-5-3-4-12(10-13)15-8-9-17(20-15)11-19-16-7-2-1-6-14(16)17/h1-10,15H,11H2/t15-,17+/m1/s1. The van der Waals surface area contributed by atoms with Crippen molar-refractivity contribution in [2.75, 3.05) is 6.61 Å². The summed E-state index contributed by atoms with van der Waals surface area (Å²) in [5.74, 6) is 0.612. The normalized spacial score (nSPS) is 26.8. The molecule has 0 N–H and O–H groups in total. The van der Waals surface area contributed by atoms with Gasteiger partial charge >= 0.3 is 0 Å². The average Bonchev–Trinajstić information content (AvgIpc) is 3.06. The van der Waals surface area contributed by atoms with E-state index in [2.05, 4.69) is 0 Å². The first-order chi connectivity index (χ1) is 9.77. The zero-order chi connectivity index (χ0) is 13.6. The predicted octanol–water partition coefficient (Wildman–Crippen LogP) is 3.74. The van der Waals surface area contributed by atoms with Crippen LogP contribution in [0.3, 0.4) is 0 Å². The van der Waals surface area contributed by atoms with E-state index in [1.807, 2.05) is 42.5 Å². The Morgan fingerprint density at radius 2 is 2.00 bits per heavy atom. The van der Waals surface area contributed by atoms with E-state index in [1.165, 1.54) is 12.1 Å². The smallest absolute Gasteiger partial charge is 0.150 e. The van der Waals surface area contributed by atoms with Gasteiger partial charge in [0.1, 0.15) is 29.9 Å². The van der Waals surface area contributed by atoms with Crippen molar-refractivity contribution in [3.8, 4) is 5.75 Å². The maximum absolute atomic E-state index is 13.3. The molecule has 0 saturated heterocycles. The summed E-state index contributed by atoms with van der Waals surface area (Å²) in [6.45, 7) is 0.467. The Morgan fingerprint density at radius 1 is 1.10 bits per heavy atom. The third kappa shape index (κ3) is 1.67. The lowest BCUT2D eigenvalue weighted by Crippen LogP contribution is -2.26. The lowest BCUT2D eigenvalue weighted by Gasteiger charge is -2.23. The monoisotopic (exact) mass is 268 g/mol. The van der Waals surface area contributed by atoms with Crippen molar-refractivity contribution in [3.05, 3.63) is 77.6 Å². The number of para-hydroxylation sites is 1. The van der Waals surface area contributed by atoms with Gasteiger partial charge in [0.2, 0.25) is 0 Å². The van der Waals surface area contributed by atoms with Crippen LogP contribution in [0.25, 0.3) is 0 Å². The average molecular weight is 268 g/mol. The van der Waals surface area contributed by atoms with Crippen LogP contribution in [0.15, 0.2) is 60.7 Å². The van der Waals surface area contributed by atoms with Crippen LogP contribution in [0.4, 0.5) is 4.39 Å². The number of fused-ring (bicyclic) bond motifs is 2. The second kappa shape index (κ2) is 4.18. The SMILES string of the molecule is Fc1cccc([C@H]2C=C[C@@]3(COc4ccccc43)O2)c1. The highest BCUT2D eigenvalue weighted by Crippen LogP contribution is 2.47. The van der Waals surface area contributed by atoms with Crippen LogP contribution in [-0.2, 0) is 10.3 Å². The Balaban J connectivity index is 1.68. The first kappa shape index (κ1) is 11.7. The van der Waals surface area contributed by atoms with Crippen molar-refractivity contribution in [2.24, 2.45) is 0 Å². The molecule has 1 spiro atoms. The molecular weight excluding hydrogens is 255 g/mol. The minimum Gasteiger partial charge on any atom is -0.489 e. The van der Waals surface area contributed by atoms with Gasteiger partial charge in [0.05, 0.1) is 0 Å². The third-order valence-electron chi connectivity index (χ3n) is 3.84. The van der Waals surface area contributed by atoms with E-state index in [1.54, 1.807) is 6.07 Å². The fourth-order valence-electron chi connectivity index (χ4n) is 2.85. The van der Waals surface area contributed by atoms with Gasteiger partial charge in [-0.2, -0.15) is 0 Å². The van der Waals surface area contributed by atoms with Crippen molar-refractivity contribution in [2.45, 2.75) is 11.7 Å². The van der Waals surface area contributed by atoms with E-state index in [0.717, 1.165) is 16.9 Å². The largest absolute Gasteiger partial charge is 0.489 e. The molecule has 0 saturated carbocycles. The molecule has 0 amide bonds. The van der Waals surface area contributed by atoms with Crippen LogP contribution in [0.2, 0.25) is 0 Å². The van der Waals surface area contributed by atoms with Crippen LogP contribution in [0, 0.1) is 5.82 Å². The third-order valence-corrected chi connectivity index (χ3v) is 3.84. The molecule has 2 aliphatic rings. The summed E-state index contributed by atoms with van der Waals surface area (Å²) in [7, 11) is 0. The fraction of sp³-hybridized carbons (Fsp3) is 0.176. The van der Waals surface area contributed by atoms with Gasteiger partial charge in [0.15, 0.2) is 0 Å². The van der Waals surface area contributed by atoms with E-state index < -0.39 is 5.60 Å². The Hall–Kier alpha value is -2.13. The first-order valence-electron chi connectivity index (χ1n) is 6.62. The molecule has 2 aromatic carbocycles. The summed E-state index contributed by atoms with van der Waals surface area (Å²) < 4.78 is 25.2. The predicted molar refractivity (Wildman–Crippen MR) is 73.0 cm³/mol. The van der Waals surface area contributed by atoms with Crippen LogP contribution < -0.4 is 4.74 Å². The summed E-state index contributed by atoms with van der Waals surface area (Å²) in [4.78, 5) is 0. The molecule has 2 heterocycles. The quantitative estimate of drug-likeness (QED) is 0.733. The minimum absolute atomic E-state index is 0.236.